The van der Waals surface area contributed by atoms with E-state index < -0.39 is 0 Å². The van der Waals surface area contributed by atoms with Gasteiger partial charge < -0.3 is 5.73 Å². The van der Waals surface area contributed by atoms with Gasteiger partial charge >= 0.3 is 0 Å². The molecule has 0 heterocycles. The van der Waals surface area contributed by atoms with Crippen LogP contribution in [0.15, 0.2) is 28.4 Å². The van der Waals surface area contributed by atoms with E-state index in [9.17, 15) is 0 Å². The molecule has 1 aliphatic carbocycles. The van der Waals surface area contributed by atoms with E-state index in [1.54, 1.807) is 0 Å². The summed E-state index contributed by atoms with van der Waals surface area (Å²) in [5.74, 6) is 0. The van der Waals surface area contributed by atoms with E-state index >= 15 is 0 Å². The van der Waals surface area contributed by atoms with Crippen LogP contribution < -0.4 is 11.2 Å². The van der Waals surface area contributed by atoms with Crippen molar-refractivity contribution in [2.75, 3.05) is 0 Å². The summed E-state index contributed by atoms with van der Waals surface area (Å²) in [5.41, 5.74) is 12.0. The first-order valence-electron chi connectivity index (χ1n) is 6.31. The molecule has 100 valence electrons. The van der Waals surface area contributed by atoms with Crippen molar-refractivity contribution >= 4 is 23.0 Å². The van der Waals surface area contributed by atoms with Crippen molar-refractivity contribution in [3.8, 4) is 0 Å². The Bertz CT molecular complexity index is 417. The summed E-state index contributed by atoms with van der Waals surface area (Å²) >= 11 is 4.70. The average molecular weight is 265 g/mol. The molecule has 0 atom stereocenters. The van der Waals surface area contributed by atoms with Crippen LogP contribution in [0.1, 0.15) is 47.0 Å². The van der Waals surface area contributed by atoms with Crippen LogP contribution in [0.25, 0.3) is 0 Å². The van der Waals surface area contributed by atoms with Gasteiger partial charge in [0.1, 0.15) is 0 Å². The number of allylic oxidation sites excluding steroid dienone is 4. The third kappa shape index (κ3) is 4.26. The molecule has 0 unspecified atom stereocenters. The first-order valence-corrected chi connectivity index (χ1v) is 6.72. The fourth-order valence-corrected chi connectivity index (χ4v) is 2.44. The Morgan fingerprint density at radius 2 is 2.17 bits per heavy atom. The van der Waals surface area contributed by atoms with Crippen LogP contribution in [0.5, 0.6) is 0 Å². The van der Waals surface area contributed by atoms with Crippen molar-refractivity contribution in [2.45, 2.75) is 47.0 Å². The van der Waals surface area contributed by atoms with Gasteiger partial charge in [-0.1, -0.05) is 25.5 Å². The summed E-state index contributed by atoms with van der Waals surface area (Å²) in [5, 5.41) is 4.26. The SMILES string of the molecule is CC1=C(/C=C/C(C)=N/NC(N)=S)C(C)(C)CCC1. The van der Waals surface area contributed by atoms with Crippen LogP contribution >= 0.6 is 12.2 Å². The Hall–Kier alpha value is -1.16. The zero-order chi connectivity index (χ0) is 13.8. The zero-order valence-electron chi connectivity index (χ0n) is 11.7. The molecule has 18 heavy (non-hydrogen) atoms. The molecule has 3 N–H and O–H groups in total. The van der Waals surface area contributed by atoms with Gasteiger partial charge in [-0.05, 0) is 62.4 Å². The standard InChI is InChI=1S/C14H23N3S/c1-10-6-5-9-14(3,4)12(10)8-7-11(2)16-17-13(15)18/h7-8H,5-6,9H2,1-4H3,(H3,15,17,18)/b8-7+,16-11+. The molecule has 0 fully saturated rings. The first kappa shape index (κ1) is 14.9. The molecule has 0 aromatic carbocycles. The number of nitrogens with zero attached hydrogens (tertiary/aromatic N) is 1. The number of nitrogens with two attached hydrogens (primary N) is 1. The van der Waals surface area contributed by atoms with Crippen molar-refractivity contribution in [3.05, 3.63) is 23.3 Å². The van der Waals surface area contributed by atoms with Crippen LogP contribution in [0, 0.1) is 5.41 Å². The number of hydrazone groups is 1. The lowest BCUT2D eigenvalue weighted by molar-refractivity contribution is 0.377. The molecule has 0 saturated carbocycles. The van der Waals surface area contributed by atoms with Crippen LogP contribution in [-0.4, -0.2) is 10.8 Å². The van der Waals surface area contributed by atoms with Gasteiger partial charge in [-0.15, -0.1) is 0 Å². The number of hydrogen-bond donors (Lipinski definition) is 2. The molecule has 4 heteroatoms. The van der Waals surface area contributed by atoms with E-state index in [1.807, 2.05) is 13.0 Å². The maximum atomic E-state index is 5.32. The molecule has 1 aliphatic rings. The van der Waals surface area contributed by atoms with Crippen LogP contribution in [0.3, 0.4) is 0 Å². The van der Waals surface area contributed by atoms with Gasteiger partial charge in [0.05, 0.1) is 5.71 Å². The van der Waals surface area contributed by atoms with E-state index in [0.29, 0.717) is 0 Å². The summed E-state index contributed by atoms with van der Waals surface area (Å²) in [6.07, 6.45) is 7.91. The van der Waals surface area contributed by atoms with Gasteiger partial charge in [-0.2, -0.15) is 5.10 Å². The molecule has 0 aromatic heterocycles. The molecule has 0 bridgehead atoms. The number of nitrogens with one attached hydrogen (secondary N) is 1. The van der Waals surface area contributed by atoms with E-state index in [2.05, 4.69) is 37.4 Å². The monoisotopic (exact) mass is 265 g/mol. The Morgan fingerprint density at radius 3 is 2.72 bits per heavy atom. The molecule has 0 amide bonds. The van der Waals surface area contributed by atoms with Crippen molar-refractivity contribution in [2.24, 2.45) is 16.3 Å². The Kier molecular flexibility index (Phi) is 5.08. The third-order valence-corrected chi connectivity index (χ3v) is 3.47. The summed E-state index contributed by atoms with van der Waals surface area (Å²) in [4.78, 5) is 0. The van der Waals surface area contributed by atoms with Gasteiger partial charge in [-0.3, -0.25) is 5.43 Å². The van der Waals surface area contributed by atoms with Gasteiger partial charge in [-0.25, -0.2) is 0 Å². The summed E-state index contributed by atoms with van der Waals surface area (Å²) in [7, 11) is 0. The second-order valence-corrected chi connectivity index (χ2v) is 5.93. The zero-order valence-corrected chi connectivity index (χ0v) is 12.5. The van der Waals surface area contributed by atoms with Gasteiger partial charge in [0.25, 0.3) is 0 Å². The predicted molar refractivity (Wildman–Crippen MR) is 82.5 cm³/mol. The highest BCUT2D eigenvalue weighted by Crippen LogP contribution is 2.40. The van der Waals surface area contributed by atoms with Crippen molar-refractivity contribution in [1.29, 1.82) is 0 Å². The molecule has 0 aliphatic heterocycles. The fourth-order valence-electron chi connectivity index (χ4n) is 2.39. The number of hydrogen-bond acceptors (Lipinski definition) is 2. The van der Waals surface area contributed by atoms with Crippen molar-refractivity contribution in [1.82, 2.24) is 5.43 Å². The van der Waals surface area contributed by atoms with Crippen molar-refractivity contribution < 1.29 is 0 Å². The minimum atomic E-state index is 0.191. The molecule has 1 rings (SSSR count). The lowest BCUT2D eigenvalue weighted by atomic mass is 9.72. The summed E-state index contributed by atoms with van der Waals surface area (Å²) < 4.78 is 0. The van der Waals surface area contributed by atoms with Crippen LogP contribution in [0.2, 0.25) is 0 Å². The molecule has 0 spiro atoms. The van der Waals surface area contributed by atoms with Gasteiger partial charge in [0.2, 0.25) is 0 Å². The highest BCUT2D eigenvalue weighted by molar-refractivity contribution is 7.80. The van der Waals surface area contributed by atoms with E-state index in [0.717, 1.165) is 5.71 Å². The fraction of sp³-hybridized carbons (Fsp3) is 0.571. The van der Waals surface area contributed by atoms with E-state index in [1.165, 1.54) is 30.4 Å². The minimum absolute atomic E-state index is 0.191. The van der Waals surface area contributed by atoms with E-state index in [-0.39, 0.29) is 10.5 Å². The topological polar surface area (TPSA) is 50.4 Å². The Balaban J connectivity index is 2.82. The minimum Gasteiger partial charge on any atom is -0.375 e. The second kappa shape index (κ2) is 6.14. The average Bonchev–Trinajstić information content (AvgIpc) is 2.24. The molecule has 3 nitrogen and oxygen atoms in total. The van der Waals surface area contributed by atoms with Crippen LogP contribution in [-0.2, 0) is 0 Å². The van der Waals surface area contributed by atoms with Crippen LogP contribution in [0.4, 0.5) is 0 Å². The smallest absolute Gasteiger partial charge is 0.184 e. The molecule has 0 radical (unpaired) electrons. The first-order chi connectivity index (χ1) is 8.33. The van der Waals surface area contributed by atoms with Gasteiger partial charge in [0.15, 0.2) is 5.11 Å². The maximum absolute atomic E-state index is 5.32. The Morgan fingerprint density at radius 1 is 1.50 bits per heavy atom. The van der Waals surface area contributed by atoms with Gasteiger partial charge in [0, 0.05) is 0 Å². The lowest BCUT2D eigenvalue weighted by Gasteiger charge is -2.32. The second-order valence-electron chi connectivity index (χ2n) is 5.49. The third-order valence-electron chi connectivity index (χ3n) is 3.38. The number of rotatable bonds is 3. The van der Waals surface area contributed by atoms with E-state index in [4.69, 9.17) is 18.0 Å². The van der Waals surface area contributed by atoms with Crippen molar-refractivity contribution in [3.63, 3.8) is 0 Å². The lowest BCUT2D eigenvalue weighted by Crippen LogP contribution is -2.24. The number of thiocarbonyl (C=S) groups is 1. The normalized spacial score (nSPS) is 20.3. The summed E-state index contributed by atoms with van der Waals surface area (Å²) in [6, 6.07) is 0. The Labute approximate surface area is 115 Å². The molecule has 0 aromatic rings. The quantitative estimate of drug-likeness (QED) is 0.468. The molecular weight excluding hydrogens is 242 g/mol. The highest BCUT2D eigenvalue weighted by atomic mass is 32.1. The summed E-state index contributed by atoms with van der Waals surface area (Å²) in [6.45, 7) is 8.75. The largest absolute Gasteiger partial charge is 0.375 e. The molecule has 0 saturated heterocycles. The highest BCUT2D eigenvalue weighted by Gasteiger charge is 2.26. The molecular formula is C14H23N3S. The maximum Gasteiger partial charge on any atom is 0.184 e. The predicted octanol–water partition coefficient (Wildman–Crippen LogP) is 3.28.